The Labute approximate surface area is 284 Å². The predicted molar refractivity (Wildman–Crippen MR) is 180 cm³/mol. The summed E-state index contributed by atoms with van der Waals surface area (Å²) in [5.74, 6) is -0.281. The summed E-state index contributed by atoms with van der Waals surface area (Å²) in [4.78, 5) is 25.8. The first-order valence-electron chi connectivity index (χ1n) is 15.7. The van der Waals surface area contributed by atoms with Gasteiger partial charge in [0.1, 0.15) is 11.3 Å². The van der Waals surface area contributed by atoms with Gasteiger partial charge >= 0.3 is 12.3 Å². The zero-order valence-electron chi connectivity index (χ0n) is 27.2. The molecule has 14 heteroatoms. The molecule has 260 valence electrons. The molecule has 1 aliphatic carbocycles. The molecule has 0 spiro atoms. The monoisotopic (exact) mass is 697 g/mol. The molecule has 4 aromatic rings. The predicted octanol–water partition coefficient (Wildman–Crippen LogP) is 6.98. The first-order chi connectivity index (χ1) is 23.1. The summed E-state index contributed by atoms with van der Waals surface area (Å²) in [6.45, 7) is 5.95. The number of carbonyl (C=O) groups excluding carboxylic acids is 2. The largest absolute Gasteiger partial charge is 0.444 e. The third-order valence-corrected chi connectivity index (χ3v) is 8.16. The van der Waals surface area contributed by atoms with Crippen molar-refractivity contribution in [2.24, 2.45) is 5.92 Å². The molecule has 0 aliphatic heterocycles. The van der Waals surface area contributed by atoms with E-state index >= 15 is 0 Å². The molecule has 0 saturated heterocycles. The number of aromatic nitrogens is 2. The highest BCUT2D eigenvalue weighted by Gasteiger charge is 2.36. The van der Waals surface area contributed by atoms with Gasteiger partial charge in [0.25, 0.3) is 5.91 Å². The van der Waals surface area contributed by atoms with Crippen molar-refractivity contribution in [3.05, 3.63) is 113 Å². The maximum absolute atomic E-state index is 13.8. The number of hydrogen-bond donors (Lipinski definition) is 4. The second-order valence-electron chi connectivity index (χ2n) is 12.9. The molecular weight excluding hydrogens is 659 g/mol. The van der Waals surface area contributed by atoms with Crippen LogP contribution in [0.5, 0.6) is 0 Å². The van der Waals surface area contributed by atoms with E-state index in [-0.39, 0.29) is 29.7 Å². The average molecular weight is 698 g/mol. The first-order valence-corrected chi connectivity index (χ1v) is 17.0. The van der Waals surface area contributed by atoms with Crippen LogP contribution in [0.4, 0.5) is 23.7 Å². The number of nitrogens with zero attached hydrogens (tertiary/aromatic N) is 2. The lowest BCUT2D eigenvalue weighted by atomic mass is 9.96. The number of hydrogen-bond acceptors (Lipinski definition) is 6. The van der Waals surface area contributed by atoms with Gasteiger partial charge in [-0.15, -0.1) is 0 Å². The Balaban J connectivity index is 1.41. The van der Waals surface area contributed by atoms with E-state index in [1.165, 1.54) is 12.1 Å². The van der Waals surface area contributed by atoms with Gasteiger partial charge in [0, 0.05) is 18.3 Å². The summed E-state index contributed by atoms with van der Waals surface area (Å²) >= 11 is -2.01. The molecule has 1 aliphatic rings. The number of benzene rings is 3. The highest BCUT2D eigenvalue weighted by Crippen LogP contribution is 2.32. The number of ether oxygens (including phenoxy) is 1. The Bertz CT molecular complexity index is 1830. The van der Waals surface area contributed by atoms with Gasteiger partial charge in [-0.05, 0) is 92.6 Å². The van der Waals surface area contributed by atoms with Crippen LogP contribution >= 0.6 is 0 Å². The van der Waals surface area contributed by atoms with Crippen molar-refractivity contribution in [2.45, 2.75) is 63.7 Å². The Kier molecular flexibility index (Phi) is 10.9. The second kappa shape index (κ2) is 14.9. The minimum absolute atomic E-state index is 0.0178. The van der Waals surface area contributed by atoms with Crippen LogP contribution in [0.25, 0.3) is 5.69 Å². The lowest BCUT2D eigenvalue weighted by Gasteiger charge is -2.21. The number of rotatable bonds is 12. The Morgan fingerprint density at radius 1 is 0.980 bits per heavy atom. The fourth-order valence-corrected chi connectivity index (χ4v) is 5.66. The quantitative estimate of drug-likeness (QED) is 0.117. The lowest BCUT2D eigenvalue weighted by molar-refractivity contribution is -0.141. The highest BCUT2D eigenvalue weighted by molar-refractivity contribution is 7.78. The molecule has 5 rings (SSSR count). The van der Waals surface area contributed by atoms with Gasteiger partial charge < -0.3 is 25.2 Å². The van der Waals surface area contributed by atoms with Gasteiger partial charge in [0.05, 0.1) is 17.5 Å². The third kappa shape index (κ3) is 10.2. The van der Waals surface area contributed by atoms with E-state index in [1.54, 1.807) is 57.2 Å². The standard InChI is InChI=1S/C35H38F3N5O5S/c1-34(2,3)48-33(45)40-20-23-7-5-12-28(16-23)43-29(18-30(42-43)35(36,37)38)32(44)41-27-11-6-10-26(17-27)31(39-19-22-13-14-22)25-9-4-8-24(15-25)21-49(46)47/h4-12,15-18,22,31,39H,13-14,19-21H2,1-3H3,(H,40,45)(H,41,44)(H,46,47). The van der Waals surface area contributed by atoms with E-state index < -0.39 is 40.6 Å². The Morgan fingerprint density at radius 2 is 1.65 bits per heavy atom. The number of alkyl carbamates (subject to hydrolysis) is 1. The number of anilines is 1. The fourth-order valence-electron chi connectivity index (χ4n) is 5.20. The summed E-state index contributed by atoms with van der Waals surface area (Å²) in [5.41, 5.74) is 1.14. The molecule has 2 unspecified atom stereocenters. The molecule has 1 heterocycles. The highest BCUT2D eigenvalue weighted by atomic mass is 32.2. The van der Waals surface area contributed by atoms with E-state index in [0.717, 1.165) is 35.2 Å². The molecule has 49 heavy (non-hydrogen) atoms. The van der Waals surface area contributed by atoms with Crippen LogP contribution in [0.1, 0.15) is 78.1 Å². The fraction of sp³-hybridized carbons (Fsp3) is 0.343. The molecule has 10 nitrogen and oxygen atoms in total. The van der Waals surface area contributed by atoms with Crippen LogP contribution in [0.3, 0.4) is 0 Å². The summed E-state index contributed by atoms with van der Waals surface area (Å²) < 4.78 is 68.6. The van der Waals surface area contributed by atoms with Crippen molar-refractivity contribution < 1.29 is 36.3 Å². The SMILES string of the molecule is CC(C)(C)OC(=O)NCc1cccc(-n2nc(C(F)(F)F)cc2C(=O)Nc2cccc(C(NCC3CC3)c3cccc(CS(=O)O)c3)c2)c1. The Hall–Kier alpha value is -4.53. The summed E-state index contributed by atoms with van der Waals surface area (Å²) in [6.07, 6.45) is -3.22. The van der Waals surface area contributed by atoms with Crippen molar-refractivity contribution >= 4 is 28.8 Å². The lowest BCUT2D eigenvalue weighted by Crippen LogP contribution is -2.32. The number of alkyl halides is 3. The zero-order valence-corrected chi connectivity index (χ0v) is 28.0. The van der Waals surface area contributed by atoms with Gasteiger partial charge in [-0.25, -0.2) is 13.7 Å². The van der Waals surface area contributed by atoms with Crippen molar-refractivity contribution in [2.75, 3.05) is 11.9 Å². The van der Waals surface area contributed by atoms with Crippen molar-refractivity contribution in [1.82, 2.24) is 20.4 Å². The van der Waals surface area contributed by atoms with Crippen molar-refractivity contribution in [1.29, 1.82) is 0 Å². The summed E-state index contributed by atoms with van der Waals surface area (Å²) in [5, 5.41) is 12.6. The topological polar surface area (TPSA) is 135 Å². The smallest absolute Gasteiger partial charge is 0.435 e. The van der Waals surface area contributed by atoms with E-state index in [0.29, 0.717) is 28.8 Å². The second-order valence-corrected chi connectivity index (χ2v) is 13.9. The summed E-state index contributed by atoms with van der Waals surface area (Å²) in [6, 6.07) is 21.0. The molecule has 2 amide bonds. The number of carbonyl (C=O) groups is 2. The van der Waals surface area contributed by atoms with E-state index in [1.807, 2.05) is 24.3 Å². The molecule has 2 atom stereocenters. The van der Waals surface area contributed by atoms with E-state index in [9.17, 15) is 31.5 Å². The molecule has 0 bridgehead atoms. The molecule has 1 aromatic heterocycles. The van der Waals surface area contributed by atoms with Crippen LogP contribution in [-0.4, -0.2) is 42.7 Å². The van der Waals surface area contributed by atoms with Crippen LogP contribution < -0.4 is 16.0 Å². The van der Waals surface area contributed by atoms with Gasteiger partial charge in [0.15, 0.2) is 16.8 Å². The normalized spacial score (nSPS) is 14.6. The molecule has 1 fully saturated rings. The number of amides is 2. The molecule has 0 radical (unpaired) electrons. The number of nitrogens with one attached hydrogen (secondary N) is 3. The van der Waals surface area contributed by atoms with Crippen molar-refractivity contribution in [3.63, 3.8) is 0 Å². The maximum atomic E-state index is 13.8. The van der Waals surface area contributed by atoms with E-state index in [4.69, 9.17) is 4.74 Å². The van der Waals surface area contributed by atoms with Gasteiger partial charge in [-0.1, -0.05) is 48.5 Å². The van der Waals surface area contributed by atoms with Crippen molar-refractivity contribution in [3.8, 4) is 5.69 Å². The van der Waals surface area contributed by atoms with Gasteiger partial charge in [-0.2, -0.15) is 18.3 Å². The average Bonchev–Trinajstić information content (AvgIpc) is 3.72. The number of halogens is 3. The first kappa shape index (κ1) is 35.8. The van der Waals surface area contributed by atoms with Crippen LogP contribution in [0, 0.1) is 5.92 Å². The van der Waals surface area contributed by atoms with E-state index in [2.05, 4.69) is 21.0 Å². The third-order valence-electron chi connectivity index (χ3n) is 7.58. The van der Waals surface area contributed by atoms with Crippen LogP contribution in [-0.2, 0) is 34.3 Å². The molecular formula is C35H38F3N5O5S. The zero-order chi connectivity index (χ0) is 35.3. The minimum Gasteiger partial charge on any atom is -0.444 e. The maximum Gasteiger partial charge on any atom is 0.435 e. The Morgan fingerprint density at radius 3 is 2.33 bits per heavy atom. The molecule has 1 saturated carbocycles. The molecule has 4 N–H and O–H groups in total. The van der Waals surface area contributed by atoms with Crippen LogP contribution in [0.15, 0.2) is 78.9 Å². The van der Waals surface area contributed by atoms with Gasteiger partial charge in [0.2, 0.25) is 0 Å². The van der Waals surface area contributed by atoms with Gasteiger partial charge in [-0.3, -0.25) is 4.79 Å². The van der Waals surface area contributed by atoms with Crippen LogP contribution in [0.2, 0.25) is 0 Å². The minimum atomic E-state index is -4.81. The molecule has 3 aromatic carbocycles. The summed E-state index contributed by atoms with van der Waals surface area (Å²) in [7, 11) is 0.